The first-order chi connectivity index (χ1) is 17.9. The maximum absolute atomic E-state index is 13.5. The minimum Gasteiger partial charge on any atom is -0.497 e. The van der Waals surface area contributed by atoms with Crippen LogP contribution in [0.25, 0.3) is 16.8 Å². The SMILES string of the molecule is COc1ccc(N2C(=O)NC(=O)/C(=C\c3c(OCc4ccc(C)cc4)ccc4ccccc34)C2=O)cc1. The average molecular weight is 493 g/mol. The van der Waals surface area contributed by atoms with Gasteiger partial charge in [-0.1, -0.05) is 60.2 Å². The van der Waals surface area contributed by atoms with E-state index in [1.165, 1.54) is 13.2 Å². The third-order valence-electron chi connectivity index (χ3n) is 6.17. The summed E-state index contributed by atoms with van der Waals surface area (Å²) in [7, 11) is 1.52. The van der Waals surface area contributed by atoms with Gasteiger partial charge in [0.15, 0.2) is 0 Å². The molecule has 4 aromatic rings. The molecule has 0 spiro atoms. The van der Waals surface area contributed by atoms with Crippen molar-refractivity contribution in [3.63, 3.8) is 0 Å². The van der Waals surface area contributed by atoms with Crippen LogP contribution >= 0.6 is 0 Å². The van der Waals surface area contributed by atoms with Crippen molar-refractivity contribution in [3.8, 4) is 11.5 Å². The van der Waals surface area contributed by atoms with Crippen molar-refractivity contribution in [2.45, 2.75) is 13.5 Å². The number of rotatable bonds is 6. The van der Waals surface area contributed by atoms with Crippen molar-refractivity contribution >= 4 is 40.4 Å². The molecular formula is C30H24N2O5. The fourth-order valence-electron chi connectivity index (χ4n) is 4.16. The van der Waals surface area contributed by atoms with Gasteiger partial charge in [-0.3, -0.25) is 14.9 Å². The Morgan fingerprint density at radius 2 is 1.59 bits per heavy atom. The number of carbonyl (C=O) groups excluding carboxylic acids is 3. The number of amides is 4. The number of urea groups is 1. The number of nitrogens with one attached hydrogen (secondary N) is 1. The standard InChI is InChI=1S/C30H24N2O5/c1-19-7-9-20(10-8-19)18-37-27-16-11-21-5-3-4-6-24(21)25(27)17-26-28(33)31-30(35)32(29(26)34)22-12-14-23(36-2)15-13-22/h3-17H,18H2,1-2H3,(H,31,33,35)/b26-17+. The Bertz CT molecular complexity index is 1540. The van der Waals surface area contributed by atoms with Crippen molar-refractivity contribution in [3.05, 3.63) is 107 Å². The monoisotopic (exact) mass is 492 g/mol. The summed E-state index contributed by atoms with van der Waals surface area (Å²) < 4.78 is 11.3. The van der Waals surface area contributed by atoms with E-state index in [9.17, 15) is 14.4 Å². The maximum Gasteiger partial charge on any atom is 0.335 e. The average Bonchev–Trinajstić information content (AvgIpc) is 2.91. The molecule has 1 aliphatic heterocycles. The number of anilines is 1. The molecule has 0 unspecified atom stereocenters. The zero-order chi connectivity index (χ0) is 25.9. The molecule has 1 N–H and O–H groups in total. The molecule has 0 bridgehead atoms. The largest absolute Gasteiger partial charge is 0.497 e. The highest BCUT2D eigenvalue weighted by Crippen LogP contribution is 2.32. The number of imide groups is 2. The first kappa shape index (κ1) is 23.8. The number of carbonyl (C=O) groups is 3. The summed E-state index contributed by atoms with van der Waals surface area (Å²) in [5.41, 5.74) is 2.85. The summed E-state index contributed by atoms with van der Waals surface area (Å²) >= 11 is 0. The van der Waals surface area contributed by atoms with Crippen LogP contribution in [0.2, 0.25) is 0 Å². The number of nitrogens with zero attached hydrogens (tertiary/aromatic N) is 1. The smallest absolute Gasteiger partial charge is 0.335 e. The summed E-state index contributed by atoms with van der Waals surface area (Å²) in [6.07, 6.45) is 1.49. The maximum atomic E-state index is 13.5. The van der Waals surface area contributed by atoms with Gasteiger partial charge in [0, 0.05) is 5.56 Å². The molecule has 5 rings (SSSR count). The second-order valence-corrected chi connectivity index (χ2v) is 8.63. The van der Waals surface area contributed by atoms with E-state index < -0.39 is 17.8 Å². The van der Waals surface area contributed by atoms with Gasteiger partial charge >= 0.3 is 6.03 Å². The summed E-state index contributed by atoms with van der Waals surface area (Å²) in [6.45, 7) is 2.33. The highest BCUT2D eigenvalue weighted by atomic mass is 16.5. The van der Waals surface area contributed by atoms with Gasteiger partial charge in [-0.2, -0.15) is 0 Å². The summed E-state index contributed by atoms with van der Waals surface area (Å²) in [6, 6.07) is 25.0. The van der Waals surface area contributed by atoms with Crippen LogP contribution in [0.15, 0.2) is 90.5 Å². The first-order valence-electron chi connectivity index (χ1n) is 11.7. The molecule has 4 aromatic carbocycles. The van der Waals surface area contributed by atoms with Gasteiger partial charge in [-0.15, -0.1) is 0 Å². The molecule has 0 radical (unpaired) electrons. The Morgan fingerprint density at radius 1 is 0.865 bits per heavy atom. The van der Waals surface area contributed by atoms with Gasteiger partial charge in [0.1, 0.15) is 23.7 Å². The number of hydrogen-bond acceptors (Lipinski definition) is 5. The minimum atomic E-state index is -0.814. The van der Waals surface area contributed by atoms with E-state index in [4.69, 9.17) is 9.47 Å². The van der Waals surface area contributed by atoms with Crippen LogP contribution in [0.1, 0.15) is 16.7 Å². The second kappa shape index (κ2) is 9.99. The van der Waals surface area contributed by atoms with Gasteiger partial charge < -0.3 is 9.47 Å². The summed E-state index contributed by atoms with van der Waals surface area (Å²) in [5, 5.41) is 4.01. The first-order valence-corrected chi connectivity index (χ1v) is 11.7. The second-order valence-electron chi connectivity index (χ2n) is 8.63. The molecule has 0 atom stereocenters. The molecule has 4 amide bonds. The van der Waals surface area contributed by atoms with Crippen LogP contribution in [-0.4, -0.2) is 25.0 Å². The third-order valence-corrected chi connectivity index (χ3v) is 6.17. The van der Waals surface area contributed by atoms with E-state index in [2.05, 4.69) is 5.32 Å². The molecule has 184 valence electrons. The molecule has 0 saturated carbocycles. The lowest BCUT2D eigenvalue weighted by Gasteiger charge is -2.26. The number of barbiturate groups is 1. The Hall–Kier alpha value is -4.91. The van der Waals surface area contributed by atoms with E-state index in [-0.39, 0.29) is 5.57 Å². The van der Waals surface area contributed by atoms with Crippen molar-refractivity contribution < 1.29 is 23.9 Å². The lowest BCUT2D eigenvalue weighted by atomic mass is 9.99. The predicted molar refractivity (Wildman–Crippen MR) is 141 cm³/mol. The van der Waals surface area contributed by atoms with E-state index in [0.29, 0.717) is 29.4 Å². The lowest BCUT2D eigenvalue weighted by Crippen LogP contribution is -2.54. The molecular weight excluding hydrogens is 468 g/mol. The van der Waals surface area contributed by atoms with Gasteiger partial charge in [0.05, 0.1) is 12.8 Å². The molecule has 37 heavy (non-hydrogen) atoms. The van der Waals surface area contributed by atoms with E-state index in [1.807, 2.05) is 67.6 Å². The molecule has 1 fully saturated rings. The summed E-state index contributed by atoms with van der Waals surface area (Å²) in [4.78, 5) is 39.9. The molecule has 7 nitrogen and oxygen atoms in total. The quantitative estimate of drug-likeness (QED) is 0.288. The Balaban J connectivity index is 1.56. The number of benzene rings is 4. The number of ether oxygens (including phenoxy) is 2. The fourth-order valence-corrected chi connectivity index (χ4v) is 4.16. The minimum absolute atomic E-state index is 0.174. The highest BCUT2D eigenvalue weighted by Gasteiger charge is 2.37. The number of hydrogen-bond donors (Lipinski definition) is 1. The van der Waals surface area contributed by atoms with Gasteiger partial charge in [0.25, 0.3) is 11.8 Å². The molecule has 1 heterocycles. The Labute approximate surface area is 213 Å². The van der Waals surface area contributed by atoms with Crippen molar-refractivity contribution in [2.24, 2.45) is 0 Å². The van der Waals surface area contributed by atoms with Crippen LogP contribution in [0, 0.1) is 6.92 Å². The Morgan fingerprint density at radius 3 is 2.32 bits per heavy atom. The van der Waals surface area contributed by atoms with Crippen molar-refractivity contribution in [1.29, 1.82) is 0 Å². The molecule has 1 aliphatic rings. The molecule has 1 saturated heterocycles. The van der Waals surface area contributed by atoms with Gasteiger partial charge in [-0.25, -0.2) is 9.69 Å². The zero-order valence-electron chi connectivity index (χ0n) is 20.4. The normalized spacial score (nSPS) is 14.7. The molecule has 0 aromatic heterocycles. The van der Waals surface area contributed by atoms with Crippen LogP contribution in [0.3, 0.4) is 0 Å². The van der Waals surface area contributed by atoms with E-state index in [1.54, 1.807) is 24.3 Å². The topological polar surface area (TPSA) is 84.9 Å². The predicted octanol–water partition coefficient (Wildman–Crippen LogP) is 5.40. The molecule has 0 aliphatic carbocycles. The number of aryl methyl sites for hydroxylation is 1. The number of methoxy groups -OCH3 is 1. The lowest BCUT2D eigenvalue weighted by molar-refractivity contribution is -0.122. The van der Waals surface area contributed by atoms with Crippen LogP contribution in [0.4, 0.5) is 10.5 Å². The third kappa shape index (κ3) is 4.79. The van der Waals surface area contributed by atoms with Crippen LogP contribution in [0.5, 0.6) is 11.5 Å². The summed E-state index contributed by atoms with van der Waals surface area (Å²) in [5.74, 6) is -0.402. The fraction of sp³-hybridized carbons (Fsp3) is 0.100. The van der Waals surface area contributed by atoms with Crippen molar-refractivity contribution in [2.75, 3.05) is 12.0 Å². The van der Waals surface area contributed by atoms with E-state index in [0.717, 1.165) is 26.8 Å². The Kier molecular flexibility index (Phi) is 6.43. The van der Waals surface area contributed by atoms with E-state index >= 15 is 0 Å². The van der Waals surface area contributed by atoms with Gasteiger partial charge in [0.2, 0.25) is 0 Å². The number of fused-ring (bicyclic) bond motifs is 1. The van der Waals surface area contributed by atoms with Crippen LogP contribution in [-0.2, 0) is 16.2 Å². The van der Waals surface area contributed by atoms with Crippen LogP contribution < -0.4 is 19.7 Å². The highest BCUT2D eigenvalue weighted by molar-refractivity contribution is 6.39. The zero-order valence-corrected chi connectivity index (χ0v) is 20.4. The van der Waals surface area contributed by atoms with Gasteiger partial charge in [-0.05, 0) is 59.7 Å². The molecule has 7 heteroatoms. The van der Waals surface area contributed by atoms with Crippen molar-refractivity contribution in [1.82, 2.24) is 5.32 Å².